The standard InChI is InChI=1S/C14H16N2O/c15-13-5-6-14(17-10-3-1-2-4-10)11-7-8-16-9-12(11)13/h5-10H,1-4,15H2. The summed E-state index contributed by atoms with van der Waals surface area (Å²) in [5.74, 6) is 0.934. The van der Waals surface area contributed by atoms with E-state index in [9.17, 15) is 0 Å². The molecule has 0 radical (unpaired) electrons. The molecule has 1 aromatic heterocycles. The van der Waals surface area contributed by atoms with Crippen LogP contribution in [0.1, 0.15) is 25.7 Å². The third-order valence-corrected chi connectivity index (χ3v) is 3.41. The van der Waals surface area contributed by atoms with Crippen molar-refractivity contribution in [3.63, 3.8) is 0 Å². The number of benzene rings is 1. The van der Waals surface area contributed by atoms with E-state index in [1.165, 1.54) is 12.8 Å². The number of hydrogen-bond donors (Lipinski definition) is 1. The Balaban J connectivity index is 2.01. The van der Waals surface area contributed by atoms with Crippen molar-refractivity contribution >= 4 is 16.5 Å². The topological polar surface area (TPSA) is 48.1 Å². The lowest BCUT2D eigenvalue weighted by Crippen LogP contribution is -2.11. The first-order valence-corrected chi connectivity index (χ1v) is 6.13. The average Bonchev–Trinajstić information content (AvgIpc) is 2.86. The smallest absolute Gasteiger partial charge is 0.127 e. The van der Waals surface area contributed by atoms with Crippen molar-refractivity contribution in [2.45, 2.75) is 31.8 Å². The van der Waals surface area contributed by atoms with Crippen molar-refractivity contribution in [3.05, 3.63) is 30.6 Å². The summed E-state index contributed by atoms with van der Waals surface area (Å²) in [5, 5.41) is 2.04. The number of aromatic nitrogens is 1. The van der Waals surface area contributed by atoms with Crippen LogP contribution in [0.5, 0.6) is 5.75 Å². The minimum atomic E-state index is 0.370. The number of pyridine rings is 1. The maximum absolute atomic E-state index is 6.06. The first-order valence-electron chi connectivity index (χ1n) is 6.13. The highest BCUT2D eigenvalue weighted by atomic mass is 16.5. The van der Waals surface area contributed by atoms with Crippen molar-refractivity contribution in [2.75, 3.05) is 5.73 Å². The summed E-state index contributed by atoms with van der Waals surface area (Å²) in [6, 6.07) is 5.83. The van der Waals surface area contributed by atoms with Gasteiger partial charge in [-0.15, -0.1) is 0 Å². The van der Waals surface area contributed by atoms with Crippen LogP contribution in [0.4, 0.5) is 5.69 Å². The molecular weight excluding hydrogens is 212 g/mol. The Hall–Kier alpha value is -1.77. The molecule has 1 aromatic carbocycles. The van der Waals surface area contributed by atoms with E-state index in [-0.39, 0.29) is 0 Å². The van der Waals surface area contributed by atoms with Crippen LogP contribution in [0.15, 0.2) is 30.6 Å². The molecule has 0 saturated heterocycles. The molecule has 0 unspecified atom stereocenters. The second kappa shape index (κ2) is 4.24. The number of fused-ring (bicyclic) bond motifs is 1. The predicted molar refractivity (Wildman–Crippen MR) is 69.0 cm³/mol. The van der Waals surface area contributed by atoms with E-state index >= 15 is 0 Å². The lowest BCUT2D eigenvalue weighted by atomic mass is 10.1. The quantitative estimate of drug-likeness (QED) is 0.803. The fourth-order valence-electron chi connectivity index (χ4n) is 2.47. The normalized spacial score (nSPS) is 16.5. The molecule has 2 aromatic rings. The number of nitrogen functional groups attached to an aromatic ring is 1. The molecule has 3 nitrogen and oxygen atoms in total. The third-order valence-electron chi connectivity index (χ3n) is 3.41. The van der Waals surface area contributed by atoms with Gasteiger partial charge in [0.25, 0.3) is 0 Å². The van der Waals surface area contributed by atoms with Gasteiger partial charge in [0.15, 0.2) is 0 Å². The molecule has 1 aliphatic carbocycles. The van der Waals surface area contributed by atoms with Crippen molar-refractivity contribution < 1.29 is 4.74 Å². The maximum atomic E-state index is 6.06. The maximum Gasteiger partial charge on any atom is 0.127 e. The molecule has 1 aliphatic rings. The fourth-order valence-corrected chi connectivity index (χ4v) is 2.47. The zero-order chi connectivity index (χ0) is 11.7. The van der Waals surface area contributed by atoms with Gasteiger partial charge in [0.1, 0.15) is 5.75 Å². The summed E-state index contributed by atoms with van der Waals surface area (Å²) in [5.41, 5.74) is 6.69. The summed E-state index contributed by atoms with van der Waals surface area (Å²) >= 11 is 0. The van der Waals surface area contributed by atoms with Gasteiger partial charge in [0, 0.05) is 28.9 Å². The van der Waals surface area contributed by atoms with E-state index in [0.717, 1.165) is 35.1 Å². The van der Waals surface area contributed by atoms with Crippen LogP contribution < -0.4 is 10.5 Å². The van der Waals surface area contributed by atoms with Gasteiger partial charge in [-0.25, -0.2) is 0 Å². The lowest BCUT2D eigenvalue weighted by Gasteiger charge is -2.15. The largest absolute Gasteiger partial charge is 0.490 e. The molecular formula is C14H16N2O. The molecule has 88 valence electrons. The molecule has 1 fully saturated rings. The highest BCUT2D eigenvalue weighted by molar-refractivity contribution is 5.96. The first-order chi connectivity index (χ1) is 8.34. The molecule has 0 spiro atoms. The van der Waals surface area contributed by atoms with E-state index in [4.69, 9.17) is 10.5 Å². The van der Waals surface area contributed by atoms with E-state index < -0.39 is 0 Å². The Labute approximate surface area is 101 Å². The van der Waals surface area contributed by atoms with Gasteiger partial charge in [0.05, 0.1) is 6.10 Å². The number of nitrogens with two attached hydrogens (primary N) is 1. The van der Waals surface area contributed by atoms with Crippen LogP contribution in [0.2, 0.25) is 0 Å². The molecule has 0 amide bonds. The van der Waals surface area contributed by atoms with Crippen LogP contribution >= 0.6 is 0 Å². The predicted octanol–water partition coefficient (Wildman–Crippen LogP) is 3.14. The Morgan fingerprint density at radius 2 is 1.94 bits per heavy atom. The van der Waals surface area contributed by atoms with Gasteiger partial charge >= 0.3 is 0 Å². The van der Waals surface area contributed by atoms with Crippen molar-refractivity contribution in [1.82, 2.24) is 4.98 Å². The Kier molecular flexibility index (Phi) is 2.59. The minimum Gasteiger partial charge on any atom is -0.490 e. The zero-order valence-electron chi connectivity index (χ0n) is 9.73. The molecule has 2 N–H and O–H groups in total. The van der Waals surface area contributed by atoms with E-state index in [1.54, 1.807) is 12.4 Å². The SMILES string of the molecule is Nc1ccc(OC2CCCC2)c2ccncc12. The van der Waals surface area contributed by atoms with E-state index in [1.807, 2.05) is 18.2 Å². The molecule has 0 aliphatic heterocycles. The van der Waals surface area contributed by atoms with Gasteiger partial charge in [-0.05, 0) is 43.9 Å². The zero-order valence-corrected chi connectivity index (χ0v) is 9.73. The monoisotopic (exact) mass is 228 g/mol. The van der Waals surface area contributed by atoms with Gasteiger partial charge < -0.3 is 10.5 Å². The van der Waals surface area contributed by atoms with Crippen molar-refractivity contribution in [2.24, 2.45) is 0 Å². The molecule has 3 rings (SSSR count). The van der Waals surface area contributed by atoms with Gasteiger partial charge in [-0.3, -0.25) is 4.98 Å². The van der Waals surface area contributed by atoms with Crippen molar-refractivity contribution in [3.8, 4) is 5.75 Å². The van der Waals surface area contributed by atoms with Crippen LogP contribution in [0.25, 0.3) is 10.8 Å². The Bertz CT molecular complexity index is 533. The summed E-state index contributed by atoms with van der Waals surface area (Å²) in [6.07, 6.45) is 8.83. The minimum absolute atomic E-state index is 0.370. The number of rotatable bonds is 2. The summed E-state index contributed by atoms with van der Waals surface area (Å²) < 4.78 is 6.06. The molecule has 0 atom stereocenters. The fraction of sp³-hybridized carbons (Fsp3) is 0.357. The highest BCUT2D eigenvalue weighted by Gasteiger charge is 2.17. The third kappa shape index (κ3) is 1.93. The molecule has 0 bridgehead atoms. The molecule has 1 saturated carbocycles. The number of nitrogens with zero attached hydrogens (tertiary/aromatic N) is 1. The molecule has 3 heteroatoms. The number of ether oxygens (including phenoxy) is 1. The second-order valence-electron chi connectivity index (χ2n) is 4.60. The molecule has 1 heterocycles. The van der Waals surface area contributed by atoms with E-state index in [2.05, 4.69) is 4.98 Å². The second-order valence-corrected chi connectivity index (χ2v) is 4.60. The number of hydrogen-bond acceptors (Lipinski definition) is 3. The van der Waals surface area contributed by atoms with Crippen LogP contribution in [0.3, 0.4) is 0 Å². The molecule has 17 heavy (non-hydrogen) atoms. The summed E-state index contributed by atoms with van der Waals surface area (Å²) in [7, 11) is 0. The van der Waals surface area contributed by atoms with E-state index in [0.29, 0.717) is 6.10 Å². The van der Waals surface area contributed by atoms with Crippen LogP contribution in [-0.4, -0.2) is 11.1 Å². The highest BCUT2D eigenvalue weighted by Crippen LogP contribution is 2.32. The van der Waals surface area contributed by atoms with Crippen molar-refractivity contribution in [1.29, 1.82) is 0 Å². The first kappa shape index (κ1) is 10.4. The van der Waals surface area contributed by atoms with Gasteiger partial charge in [-0.1, -0.05) is 0 Å². The summed E-state index contributed by atoms with van der Waals surface area (Å²) in [4.78, 5) is 4.11. The Morgan fingerprint density at radius 3 is 2.76 bits per heavy atom. The lowest BCUT2D eigenvalue weighted by molar-refractivity contribution is 0.213. The number of anilines is 1. The summed E-state index contributed by atoms with van der Waals surface area (Å²) in [6.45, 7) is 0. The van der Waals surface area contributed by atoms with Crippen LogP contribution in [0, 0.1) is 0 Å². The van der Waals surface area contributed by atoms with Gasteiger partial charge in [-0.2, -0.15) is 0 Å². The van der Waals surface area contributed by atoms with Gasteiger partial charge in [0.2, 0.25) is 0 Å². The van der Waals surface area contributed by atoms with Crippen LogP contribution in [-0.2, 0) is 0 Å². The Morgan fingerprint density at radius 1 is 1.12 bits per heavy atom. The average molecular weight is 228 g/mol.